The van der Waals surface area contributed by atoms with Crippen molar-refractivity contribution in [3.8, 4) is 17.1 Å². The summed E-state index contributed by atoms with van der Waals surface area (Å²) in [6, 6.07) is 9.28. The van der Waals surface area contributed by atoms with E-state index in [1.165, 1.54) is 23.1 Å². The number of hydrogen-bond donors (Lipinski definition) is 0. The molecular formula is C17H14N4O3S2. The number of ether oxygens (including phenoxy) is 1. The van der Waals surface area contributed by atoms with Crippen LogP contribution in [-0.2, 0) is 12.8 Å². The highest BCUT2D eigenvalue weighted by Gasteiger charge is 2.13. The van der Waals surface area contributed by atoms with Gasteiger partial charge < -0.3 is 9.26 Å². The quantitative estimate of drug-likeness (QED) is 0.384. The van der Waals surface area contributed by atoms with Gasteiger partial charge in [0.15, 0.2) is 5.16 Å². The van der Waals surface area contributed by atoms with Gasteiger partial charge in [-0.1, -0.05) is 16.9 Å². The average Bonchev–Trinajstić information content (AvgIpc) is 3.33. The summed E-state index contributed by atoms with van der Waals surface area (Å²) in [6.45, 7) is 0. The van der Waals surface area contributed by atoms with Crippen LogP contribution >= 0.6 is 23.1 Å². The lowest BCUT2D eigenvalue weighted by atomic mass is 10.2. The van der Waals surface area contributed by atoms with Crippen LogP contribution in [0.4, 0.5) is 0 Å². The third-order valence-corrected chi connectivity index (χ3v) is 5.69. The molecule has 0 spiro atoms. The first-order valence-electron chi connectivity index (χ1n) is 7.70. The molecule has 4 rings (SSSR count). The van der Waals surface area contributed by atoms with Crippen molar-refractivity contribution in [2.24, 2.45) is 7.05 Å². The average molecular weight is 386 g/mol. The smallest absolute Gasteiger partial charge is 0.271 e. The van der Waals surface area contributed by atoms with Gasteiger partial charge in [-0.2, -0.15) is 4.98 Å². The Morgan fingerprint density at radius 3 is 2.81 bits per heavy atom. The van der Waals surface area contributed by atoms with Crippen LogP contribution in [0.3, 0.4) is 0 Å². The number of aromatic nitrogens is 4. The lowest BCUT2D eigenvalue weighted by Crippen LogP contribution is -2.18. The van der Waals surface area contributed by atoms with E-state index in [2.05, 4.69) is 15.1 Å². The maximum Gasteiger partial charge on any atom is 0.271 e. The van der Waals surface area contributed by atoms with Crippen molar-refractivity contribution in [1.29, 1.82) is 0 Å². The van der Waals surface area contributed by atoms with E-state index < -0.39 is 0 Å². The number of thiophene rings is 1. The van der Waals surface area contributed by atoms with Crippen LogP contribution in [0, 0.1) is 0 Å². The summed E-state index contributed by atoms with van der Waals surface area (Å²) in [6.07, 6.45) is 0. The van der Waals surface area contributed by atoms with Crippen LogP contribution in [0.1, 0.15) is 5.89 Å². The van der Waals surface area contributed by atoms with Crippen molar-refractivity contribution in [1.82, 2.24) is 19.7 Å². The number of nitrogens with zero attached hydrogens (tertiary/aromatic N) is 4. The van der Waals surface area contributed by atoms with E-state index in [0.29, 0.717) is 32.8 Å². The molecule has 0 aliphatic heterocycles. The molecule has 0 aliphatic carbocycles. The Morgan fingerprint density at radius 1 is 1.23 bits per heavy atom. The van der Waals surface area contributed by atoms with Gasteiger partial charge in [-0.05, 0) is 35.7 Å². The Kier molecular flexibility index (Phi) is 4.48. The van der Waals surface area contributed by atoms with Gasteiger partial charge in [-0.25, -0.2) is 4.98 Å². The molecule has 3 aromatic heterocycles. The topological polar surface area (TPSA) is 83.0 Å². The van der Waals surface area contributed by atoms with Crippen LogP contribution in [0.15, 0.2) is 50.2 Å². The van der Waals surface area contributed by atoms with Gasteiger partial charge in [0.05, 0.1) is 18.4 Å². The fourth-order valence-corrected chi connectivity index (χ4v) is 4.01. The highest BCUT2D eigenvalue weighted by molar-refractivity contribution is 7.98. The van der Waals surface area contributed by atoms with Crippen molar-refractivity contribution in [2.75, 3.05) is 7.11 Å². The Bertz CT molecular complexity index is 1120. The lowest BCUT2D eigenvalue weighted by molar-refractivity contribution is 0.391. The van der Waals surface area contributed by atoms with E-state index in [4.69, 9.17) is 9.26 Å². The predicted molar refractivity (Wildman–Crippen MR) is 101 cm³/mol. The minimum Gasteiger partial charge on any atom is -0.497 e. The van der Waals surface area contributed by atoms with Crippen LogP contribution in [0.2, 0.25) is 0 Å². The molecule has 4 aromatic rings. The predicted octanol–water partition coefficient (Wildman–Crippen LogP) is 3.35. The summed E-state index contributed by atoms with van der Waals surface area (Å²) in [7, 11) is 3.33. The molecule has 132 valence electrons. The summed E-state index contributed by atoms with van der Waals surface area (Å²) in [5, 5.41) is 6.49. The maximum absolute atomic E-state index is 12.3. The van der Waals surface area contributed by atoms with Gasteiger partial charge in [0, 0.05) is 12.6 Å². The first-order valence-corrected chi connectivity index (χ1v) is 9.56. The summed E-state index contributed by atoms with van der Waals surface area (Å²) < 4.78 is 12.7. The third kappa shape index (κ3) is 3.11. The van der Waals surface area contributed by atoms with Gasteiger partial charge in [-0.15, -0.1) is 11.3 Å². The van der Waals surface area contributed by atoms with Gasteiger partial charge in [-0.3, -0.25) is 9.36 Å². The largest absolute Gasteiger partial charge is 0.497 e. The first-order chi connectivity index (χ1) is 12.7. The van der Waals surface area contributed by atoms with Gasteiger partial charge >= 0.3 is 0 Å². The second-order valence-electron chi connectivity index (χ2n) is 5.42. The zero-order valence-electron chi connectivity index (χ0n) is 14.0. The second kappa shape index (κ2) is 6.93. The summed E-state index contributed by atoms with van der Waals surface area (Å²) in [5.74, 6) is 2.18. The molecule has 0 unspecified atom stereocenters. The summed E-state index contributed by atoms with van der Waals surface area (Å²) >= 11 is 2.79. The van der Waals surface area contributed by atoms with E-state index >= 15 is 0 Å². The lowest BCUT2D eigenvalue weighted by Gasteiger charge is -2.05. The number of fused-ring (bicyclic) bond motifs is 1. The molecule has 26 heavy (non-hydrogen) atoms. The van der Waals surface area contributed by atoms with E-state index in [9.17, 15) is 4.79 Å². The number of rotatable bonds is 5. The first kappa shape index (κ1) is 16.8. The molecule has 0 bridgehead atoms. The minimum atomic E-state index is -0.0445. The van der Waals surface area contributed by atoms with Crippen molar-refractivity contribution in [2.45, 2.75) is 10.9 Å². The van der Waals surface area contributed by atoms with Crippen LogP contribution < -0.4 is 10.3 Å². The Hall–Kier alpha value is -2.65. The molecule has 0 aliphatic rings. The normalized spacial score (nSPS) is 11.2. The molecular weight excluding hydrogens is 372 g/mol. The molecule has 1 aromatic carbocycles. The van der Waals surface area contributed by atoms with Crippen molar-refractivity contribution in [3.63, 3.8) is 0 Å². The standard InChI is InChI=1S/C17H14N4O3S2/c1-21-16(22)14-12(7-8-25-14)18-17(21)26-9-13-19-15(20-24-13)10-3-5-11(23-2)6-4-10/h3-8H,9H2,1-2H3. The third-order valence-electron chi connectivity index (χ3n) is 3.79. The highest BCUT2D eigenvalue weighted by Crippen LogP contribution is 2.24. The molecule has 7 nitrogen and oxygen atoms in total. The highest BCUT2D eigenvalue weighted by atomic mass is 32.2. The second-order valence-corrected chi connectivity index (χ2v) is 7.28. The molecule has 0 amide bonds. The van der Waals surface area contributed by atoms with Crippen molar-refractivity contribution in [3.05, 3.63) is 52.0 Å². The van der Waals surface area contributed by atoms with Gasteiger partial charge in [0.1, 0.15) is 10.4 Å². The van der Waals surface area contributed by atoms with Crippen LogP contribution in [0.5, 0.6) is 5.75 Å². The number of methoxy groups -OCH3 is 1. The van der Waals surface area contributed by atoms with Crippen molar-refractivity contribution >= 4 is 33.3 Å². The van der Waals surface area contributed by atoms with E-state index in [-0.39, 0.29) is 5.56 Å². The fraction of sp³-hybridized carbons (Fsp3) is 0.176. The molecule has 0 radical (unpaired) electrons. The van der Waals surface area contributed by atoms with Gasteiger partial charge in [0.25, 0.3) is 5.56 Å². The van der Waals surface area contributed by atoms with E-state index in [0.717, 1.165) is 11.3 Å². The number of benzene rings is 1. The van der Waals surface area contributed by atoms with Crippen LogP contribution in [-0.4, -0.2) is 26.8 Å². The monoisotopic (exact) mass is 386 g/mol. The van der Waals surface area contributed by atoms with Crippen LogP contribution in [0.25, 0.3) is 21.6 Å². The summed E-state index contributed by atoms with van der Waals surface area (Å²) in [4.78, 5) is 21.3. The summed E-state index contributed by atoms with van der Waals surface area (Å²) in [5.41, 5.74) is 1.51. The fourth-order valence-electron chi connectivity index (χ4n) is 2.39. The molecule has 0 saturated heterocycles. The van der Waals surface area contributed by atoms with Gasteiger partial charge in [0.2, 0.25) is 11.7 Å². The maximum atomic E-state index is 12.3. The molecule has 0 saturated carbocycles. The molecule has 0 fully saturated rings. The molecule has 3 heterocycles. The zero-order valence-corrected chi connectivity index (χ0v) is 15.6. The van der Waals surface area contributed by atoms with Crippen molar-refractivity contribution < 1.29 is 9.26 Å². The molecule has 9 heteroatoms. The van der Waals surface area contributed by atoms with E-state index in [1.807, 2.05) is 35.7 Å². The Labute approximate surface area is 156 Å². The minimum absolute atomic E-state index is 0.0445. The Balaban J connectivity index is 1.53. The molecule has 0 N–H and O–H groups in total. The number of hydrogen-bond acceptors (Lipinski definition) is 8. The SMILES string of the molecule is COc1ccc(-c2noc(CSc3nc4ccsc4c(=O)n3C)n2)cc1. The Morgan fingerprint density at radius 2 is 2.04 bits per heavy atom. The molecule has 0 atom stereocenters. The zero-order chi connectivity index (χ0) is 18.1. The number of thioether (sulfide) groups is 1. The van der Waals surface area contributed by atoms with E-state index in [1.54, 1.807) is 18.7 Å².